The summed E-state index contributed by atoms with van der Waals surface area (Å²) in [6.45, 7) is 1.90. The van der Waals surface area contributed by atoms with Crippen molar-refractivity contribution in [2.45, 2.75) is 6.92 Å². The Hall–Kier alpha value is -1.53. The number of hydrogen-bond acceptors (Lipinski definition) is 3. The van der Waals surface area contributed by atoms with E-state index >= 15 is 0 Å². The molecule has 1 amide bonds. The summed E-state index contributed by atoms with van der Waals surface area (Å²) in [4.78, 5) is 11.9. The van der Waals surface area contributed by atoms with Crippen molar-refractivity contribution in [3.8, 4) is 5.75 Å². The molecule has 0 saturated heterocycles. The number of anilines is 2. The van der Waals surface area contributed by atoms with E-state index in [4.69, 9.17) is 10.5 Å². The van der Waals surface area contributed by atoms with Gasteiger partial charge in [0.25, 0.3) is 5.91 Å². The number of rotatable bonds is 4. The van der Waals surface area contributed by atoms with E-state index in [1.807, 2.05) is 31.2 Å². The molecule has 0 saturated carbocycles. The molecular formula is C15H14Br2N2O2. The first-order chi connectivity index (χ1) is 9.95. The van der Waals surface area contributed by atoms with Crippen molar-refractivity contribution in [2.75, 3.05) is 17.7 Å². The maximum atomic E-state index is 11.9. The fraction of sp³-hybridized carbons (Fsp3) is 0.133. The number of carbonyl (C=O) groups excluding carboxylic acids is 1. The second-order valence-corrected chi connectivity index (χ2v) is 6.23. The van der Waals surface area contributed by atoms with E-state index < -0.39 is 0 Å². The van der Waals surface area contributed by atoms with Crippen LogP contribution < -0.4 is 15.8 Å². The second-order valence-electron chi connectivity index (χ2n) is 4.52. The Labute approximate surface area is 139 Å². The van der Waals surface area contributed by atoms with Gasteiger partial charge in [0.05, 0.1) is 8.95 Å². The SMILES string of the molecule is Cc1ccc(NC(=O)COc2c(Br)cc(N)cc2Br)cc1. The Morgan fingerprint density at radius 3 is 2.33 bits per heavy atom. The number of nitrogen functional groups attached to an aromatic ring is 1. The highest BCUT2D eigenvalue weighted by atomic mass is 79.9. The molecule has 2 aromatic carbocycles. The number of halogens is 2. The van der Waals surface area contributed by atoms with Crippen LogP contribution in [0.25, 0.3) is 0 Å². The van der Waals surface area contributed by atoms with E-state index in [9.17, 15) is 4.79 Å². The molecule has 0 spiro atoms. The predicted molar refractivity (Wildman–Crippen MR) is 91.6 cm³/mol. The number of hydrogen-bond donors (Lipinski definition) is 2. The summed E-state index contributed by atoms with van der Waals surface area (Å²) < 4.78 is 6.90. The third-order valence-electron chi connectivity index (χ3n) is 2.70. The number of aryl methyl sites for hydroxylation is 1. The molecule has 4 nitrogen and oxygen atoms in total. The highest BCUT2D eigenvalue weighted by Gasteiger charge is 2.10. The first-order valence-electron chi connectivity index (χ1n) is 6.19. The third kappa shape index (κ3) is 4.47. The molecule has 0 aromatic heterocycles. The molecule has 0 aliphatic heterocycles. The van der Waals surface area contributed by atoms with Crippen molar-refractivity contribution in [3.05, 3.63) is 50.9 Å². The predicted octanol–water partition coefficient (Wildman–Crippen LogP) is 4.12. The van der Waals surface area contributed by atoms with Gasteiger partial charge in [-0.2, -0.15) is 0 Å². The highest BCUT2D eigenvalue weighted by molar-refractivity contribution is 9.11. The van der Waals surface area contributed by atoms with Crippen LogP contribution in [-0.2, 0) is 4.79 Å². The molecule has 21 heavy (non-hydrogen) atoms. The summed E-state index contributed by atoms with van der Waals surface area (Å²) in [5, 5.41) is 2.77. The van der Waals surface area contributed by atoms with E-state index in [0.717, 1.165) is 11.3 Å². The normalized spacial score (nSPS) is 10.2. The average Bonchev–Trinajstić information content (AvgIpc) is 2.40. The van der Waals surface area contributed by atoms with Gasteiger partial charge in [0.1, 0.15) is 5.75 Å². The maximum absolute atomic E-state index is 11.9. The highest BCUT2D eigenvalue weighted by Crippen LogP contribution is 2.35. The Morgan fingerprint density at radius 2 is 1.76 bits per heavy atom. The van der Waals surface area contributed by atoms with Crippen LogP contribution in [-0.4, -0.2) is 12.5 Å². The zero-order valence-electron chi connectivity index (χ0n) is 11.3. The minimum atomic E-state index is -0.227. The standard InChI is InChI=1S/C15H14Br2N2O2/c1-9-2-4-11(5-3-9)19-14(20)8-21-15-12(16)6-10(18)7-13(15)17/h2-7H,8,18H2,1H3,(H,19,20). The fourth-order valence-electron chi connectivity index (χ4n) is 1.69. The molecule has 6 heteroatoms. The summed E-state index contributed by atoms with van der Waals surface area (Å²) in [6.07, 6.45) is 0. The minimum absolute atomic E-state index is 0.0883. The number of nitrogens with two attached hydrogens (primary N) is 1. The molecule has 0 radical (unpaired) electrons. The molecule has 110 valence electrons. The van der Waals surface area contributed by atoms with Crippen LogP contribution in [0.5, 0.6) is 5.75 Å². The molecule has 2 rings (SSSR count). The van der Waals surface area contributed by atoms with Gasteiger partial charge < -0.3 is 15.8 Å². The number of benzene rings is 2. The lowest BCUT2D eigenvalue weighted by Crippen LogP contribution is -2.20. The minimum Gasteiger partial charge on any atom is -0.481 e. The van der Waals surface area contributed by atoms with Crippen LogP contribution in [0.2, 0.25) is 0 Å². The Balaban J connectivity index is 1.97. The number of nitrogens with one attached hydrogen (secondary N) is 1. The number of amides is 1. The van der Waals surface area contributed by atoms with Gasteiger partial charge in [0, 0.05) is 11.4 Å². The van der Waals surface area contributed by atoms with Crippen molar-refractivity contribution in [1.82, 2.24) is 0 Å². The maximum Gasteiger partial charge on any atom is 0.262 e. The van der Waals surface area contributed by atoms with Crippen molar-refractivity contribution in [3.63, 3.8) is 0 Å². The van der Waals surface area contributed by atoms with Crippen LogP contribution >= 0.6 is 31.9 Å². The van der Waals surface area contributed by atoms with Gasteiger partial charge in [-0.05, 0) is 63.0 Å². The van der Waals surface area contributed by atoms with Gasteiger partial charge in [-0.3, -0.25) is 4.79 Å². The van der Waals surface area contributed by atoms with Crippen LogP contribution in [0.3, 0.4) is 0 Å². The fourth-order valence-corrected chi connectivity index (χ4v) is 3.14. The quantitative estimate of drug-likeness (QED) is 0.741. The molecule has 3 N–H and O–H groups in total. The van der Waals surface area contributed by atoms with Gasteiger partial charge >= 0.3 is 0 Å². The van der Waals surface area contributed by atoms with Gasteiger partial charge in [0.2, 0.25) is 0 Å². The van der Waals surface area contributed by atoms with Crippen LogP contribution in [0.15, 0.2) is 45.3 Å². The van der Waals surface area contributed by atoms with Crippen LogP contribution in [0.4, 0.5) is 11.4 Å². The number of carbonyl (C=O) groups is 1. The molecule has 0 aliphatic carbocycles. The van der Waals surface area contributed by atoms with Gasteiger partial charge in [-0.15, -0.1) is 0 Å². The molecule has 0 atom stereocenters. The summed E-state index contributed by atoms with van der Waals surface area (Å²) in [5.74, 6) is 0.317. The second kappa shape index (κ2) is 6.95. The molecule has 0 fully saturated rings. The summed E-state index contributed by atoms with van der Waals surface area (Å²) in [5.41, 5.74) is 8.18. The van der Waals surface area contributed by atoms with Crippen LogP contribution in [0.1, 0.15) is 5.56 Å². The third-order valence-corrected chi connectivity index (χ3v) is 3.88. The zero-order valence-corrected chi connectivity index (χ0v) is 14.5. The van der Waals surface area contributed by atoms with E-state index in [-0.39, 0.29) is 12.5 Å². The summed E-state index contributed by atoms with van der Waals surface area (Å²) in [7, 11) is 0. The average molecular weight is 414 g/mol. The Bertz CT molecular complexity index is 634. The number of ether oxygens (including phenoxy) is 1. The van der Waals surface area contributed by atoms with Gasteiger partial charge in [0.15, 0.2) is 6.61 Å². The van der Waals surface area contributed by atoms with E-state index in [2.05, 4.69) is 37.2 Å². The topological polar surface area (TPSA) is 64.3 Å². The first-order valence-corrected chi connectivity index (χ1v) is 7.78. The first kappa shape index (κ1) is 15.9. The molecular weight excluding hydrogens is 400 g/mol. The van der Waals surface area contributed by atoms with E-state index in [0.29, 0.717) is 20.4 Å². The lowest BCUT2D eigenvalue weighted by atomic mass is 10.2. The molecule has 0 unspecified atom stereocenters. The Morgan fingerprint density at radius 1 is 1.19 bits per heavy atom. The molecule has 0 aliphatic rings. The van der Waals surface area contributed by atoms with Crippen molar-refractivity contribution < 1.29 is 9.53 Å². The van der Waals surface area contributed by atoms with Crippen molar-refractivity contribution in [1.29, 1.82) is 0 Å². The zero-order chi connectivity index (χ0) is 15.4. The largest absolute Gasteiger partial charge is 0.481 e. The lowest BCUT2D eigenvalue weighted by molar-refractivity contribution is -0.118. The van der Waals surface area contributed by atoms with Gasteiger partial charge in [-0.25, -0.2) is 0 Å². The molecule has 0 bridgehead atoms. The molecule has 0 heterocycles. The van der Waals surface area contributed by atoms with Crippen molar-refractivity contribution in [2.24, 2.45) is 0 Å². The van der Waals surface area contributed by atoms with Gasteiger partial charge in [-0.1, -0.05) is 17.7 Å². The smallest absolute Gasteiger partial charge is 0.262 e. The summed E-state index contributed by atoms with van der Waals surface area (Å²) >= 11 is 6.71. The molecule has 2 aromatic rings. The summed E-state index contributed by atoms with van der Waals surface area (Å²) in [6, 6.07) is 11.0. The monoisotopic (exact) mass is 412 g/mol. The van der Waals surface area contributed by atoms with Crippen LogP contribution in [0, 0.1) is 6.92 Å². The van der Waals surface area contributed by atoms with Crippen molar-refractivity contribution >= 4 is 49.1 Å². The Kier molecular flexibility index (Phi) is 5.25. The van der Waals surface area contributed by atoms with E-state index in [1.54, 1.807) is 12.1 Å². The van der Waals surface area contributed by atoms with E-state index in [1.165, 1.54) is 0 Å². The lowest BCUT2D eigenvalue weighted by Gasteiger charge is -2.11.